The summed E-state index contributed by atoms with van der Waals surface area (Å²) in [7, 11) is 6.02. The molecular formula is C39H65N5O6. The lowest BCUT2D eigenvalue weighted by molar-refractivity contribution is -0.192. The molecule has 0 radical (unpaired) electrons. The molecule has 1 aromatic rings. The van der Waals surface area contributed by atoms with Crippen LogP contribution in [0.25, 0.3) is 0 Å². The predicted molar refractivity (Wildman–Crippen MR) is 193 cm³/mol. The minimum Gasteiger partial charge on any atom is -0.394 e. The minimum absolute atomic E-state index is 0.0614. The molecule has 50 heavy (non-hydrogen) atoms. The zero-order valence-electron chi connectivity index (χ0n) is 31.4. The molecular weight excluding hydrogens is 634 g/mol. The largest absolute Gasteiger partial charge is 0.394 e. The van der Waals surface area contributed by atoms with Crippen molar-refractivity contribution in [2.45, 2.75) is 121 Å². The Kier molecular flexibility index (Phi) is 14.1. The number of carbonyl (C=O) groups excluding carboxylic acids is 2. The summed E-state index contributed by atoms with van der Waals surface area (Å²) in [5.74, 6) is 0.986. The van der Waals surface area contributed by atoms with E-state index in [0.29, 0.717) is 36.9 Å². The molecule has 11 heteroatoms. The molecule has 11 nitrogen and oxygen atoms in total. The van der Waals surface area contributed by atoms with E-state index in [0.717, 1.165) is 63.4 Å². The van der Waals surface area contributed by atoms with Gasteiger partial charge >= 0.3 is 0 Å². The molecule has 3 saturated carbocycles. The average molecular weight is 700 g/mol. The number of ether oxygens (including phenoxy) is 1. The average Bonchev–Trinajstić information content (AvgIpc) is 3.49. The quantitative estimate of drug-likeness (QED) is 0.244. The van der Waals surface area contributed by atoms with Crippen molar-refractivity contribution >= 4 is 11.8 Å². The molecule has 1 saturated heterocycles. The Morgan fingerprint density at radius 1 is 1.12 bits per heavy atom. The van der Waals surface area contributed by atoms with Crippen LogP contribution in [0.5, 0.6) is 0 Å². The lowest BCUT2D eigenvalue weighted by Gasteiger charge is -2.47. The van der Waals surface area contributed by atoms with Gasteiger partial charge in [-0.15, -0.1) is 0 Å². The normalized spacial score (nSPS) is 37.4. The molecule has 5 rings (SSSR count). The Morgan fingerprint density at radius 2 is 1.90 bits per heavy atom. The van der Waals surface area contributed by atoms with Gasteiger partial charge in [-0.25, -0.2) is 0 Å². The number of hydroxylamine groups is 2. The van der Waals surface area contributed by atoms with Crippen molar-refractivity contribution in [2.24, 2.45) is 41.4 Å². The van der Waals surface area contributed by atoms with Crippen LogP contribution in [-0.4, -0.2) is 114 Å². The number of hydrogen-bond donors (Lipinski definition) is 4. The van der Waals surface area contributed by atoms with Crippen LogP contribution in [0.3, 0.4) is 0 Å². The van der Waals surface area contributed by atoms with E-state index in [1.165, 1.54) is 6.42 Å². The first kappa shape index (κ1) is 39.1. The van der Waals surface area contributed by atoms with Crippen LogP contribution in [-0.2, 0) is 25.6 Å². The van der Waals surface area contributed by atoms with Crippen LogP contribution in [0.15, 0.2) is 24.5 Å². The maximum atomic E-state index is 14.1. The van der Waals surface area contributed by atoms with E-state index < -0.39 is 24.2 Å². The second-order valence-corrected chi connectivity index (χ2v) is 16.3. The molecule has 4 fully saturated rings. The summed E-state index contributed by atoms with van der Waals surface area (Å²) in [6.45, 7) is 6.96. The molecule has 0 spiro atoms. The molecule has 13 atom stereocenters. The standard InChI is InChI=1S/C39H65N5O6/c1-24-10-7-14-33(25(24)2)42-39(48)36-35(26(3)46)34(23-45)50-44(36)22-28-12-8-13-32(37(28)49-6)29-18-30(20-31(19-29)43(4)5)38(47)41-17-15-27-11-9-16-40-21-27/h9,11,16,21,24-26,28-37,45-46H,7-8,10,12-15,17-20,22-23H2,1-6H3,(H,41,47)(H,42,48)/t24-,25-,26-,28?,29?,30?,31?,32?,33-,34-,35-,36-,37?/m0/s1. The number of hydrogen-bond acceptors (Lipinski definition) is 9. The Morgan fingerprint density at radius 3 is 2.58 bits per heavy atom. The molecule has 2 amide bonds. The fourth-order valence-corrected chi connectivity index (χ4v) is 9.88. The summed E-state index contributed by atoms with van der Waals surface area (Å²) in [4.78, 5) is 40.5. The SMILES string of the molecule is COC1C(CN2O[C@@H](CO)[C@H]([C@H](C)O)[C@H]2C(=O)N[C@H]2CCC[C@H](C)[C@@H]2C)CCCC1C1CC(C(=O)NCCc2cccnc2)CC(N(C)C)C1. The number of carbonyl (C=O) groups is 2. The van der Waals surface area contributed by atoms with Crippen LogP contribution in [0.4, 0.5) is 0 Å². The molecule has 0 bridgehead atoms. The second kappa shape index (κ2) is 18.1. The van der Waals surface area contributed by atoms with E-state index in [4.69, 9.17) is 9.57 Å². The van der Waals surface area contributed by atoms with Crippen LogP contribution < -0.4 is 10.6 Å². The van der Waals surface area contributed by atoms with Crippen molar-refractivity contribution < 1.29 is 29.4 Å². The lowest BCUT2D eigenvalue weighted by Crippen LogP contribution is -2.55. The van der Waals surface area contributed by atoms with Gasteiger partial charge < -0.3 is 30.5 Å². The summed E-state index contributed by atoms with van der Waals surface area (Å²) in [5, 5.41) is 29.5. The monoisotopic (exact) mass is 699 g/mol. The highest BCUT2D eigenvalue weighted by molar-refractivity contribution is 5.82. The van der Waals surface area contributed by atoms with Crippen molar-refractivity contribution in [3.05, 3.63) is 30.1 Å². The van der Waals surface area contributed by atoms with Gasteiger partial charge in [0, 0.05) is 62.4 Å². The van der Waals surface area contributed by atoms with Crippen LogP contribution >= 0.6 is 0 Å². The number of aromatic nitrogens is 1. The van der Waals surface area contributed by atoms with Gasteiger partial charge in [-0.05, 0) is 101 Å². The molecule has 1 aliphatic heterocycles. The summed E-state index contributed by atoms with van der Waals surface area (Å²) < 4.78 is 6.35. The lowest BCUT2D eigenvalue weighted by atomic mass is 9.65. The number of aliphatic hydroxyl groups is 2. The molecule has 6 unspecified atom stereocenters. The Balaban J connectivity index is 1.29. The highest BCUT2D eigenvalue weighted by atomic mass is 16.7. The third kappa shape index (κ3) is 9.25. The van der Waals surface area contributed by atoms with E-state index in [9.17, 15) is 19.8 Å². The summed E-state index contributed by atoms with van der Waals surface area (Å²) in [6, 6.07) is 3.64. The molecule has 3 aliphatic carbocycles. The minimum atomic E-state index is -0.828. The second-order valence-electron chi connectivity index (χ2n) is 16.3. The first-order chi connectivity index (χ1) is 24.0. The summed E-state index contributed by atoms with van der Waals surface area (Å²) in [5.41, 5.74) is 1.11. The van der Waals surface area contributed by atoms with Gasteiger partial charge in [0.15, 0.2) is 0 Å². The van der Waals surface area contributed by atoms with Gasteiger partial charge in [-0.2, -0.15) is 5.06 Å². The van der Waals surface area contributed by atoms with E-state index >= 15 is 0 Å². The van der Waals surface area contributed by atoms with Crippen LogP contribution in [0.1, 0.15) is 84.1 Å². The highest BCUT2D eigenvalue weighted by Gasteiger charge is 2.52. The van der Waals surface area contributed by atoms with Crippen LogP contribution in [0, 0.1) is 41.4 Å². The van der Waals surface area contributed by atoms with Gasteiger partial charge in [0.25, 0.3) is 0 Å². The van der Waals surface area contributed by atoms with Gasteiger partial charge in [0.05, 0.1) is 18.8 Å². The number of pyridine rings is 1. The topological polar surface area (TPSA) is 136 Å². The Labute approximate surface area is 300 Å². The maximum Gasteiger partial charge on any atom is 0.240 e. The van der Waals surface area contributed by atoms with Crippen molar-refractivity contribution in [3.8, 4) is 0 Å². The van der Waals surface area contributed by atoms with Gasteiger partial charge in [0.1, 0.15) is 12.1 Å². The van der Waals surface area contributed by atoms with E-state index in [1.807, 2.05) is 18.3 Å². The molecule has 4 aliphatic rings. The zero-order valence-corrected chi connectivity index (χ0v) is 31.4. The number of amides is 2. The first-order valence-corrected chi connectivity index (χ1v) is 19.4. The van der Waals surface area contributed by atoms with Crippen molar-refractivity contribution in [3.63, 3.8) is 0 Å². The molecule has 1 aromatic heterocycles. The van der Waals surface area contributed by atoms with E-state index in [1.54, 1.807) is 25.3 Å². The number of nitrogens with one attached hydrogen (secondary N) is 2. The number of methoxy groups -OCH3 is 1. The molecule has 0 aromatic carbocycles. The molecule has 2 heterocycles. The van der Waals surface area contributed by atoms with Crippen LogP contribution in [0.2, 0.25) is 0 Å². The fourth-order valence-electron chi connectivity index (χ4n) is 9.88. The molecule has 282 valence electrons. The van der Waals surface area contributed by atoms with Crippen molar-refractivity contribution in [1.29, 1.82) is 0 Å². The Bertz CT molecular complexity index is 1220. The summed E-state index contributed by atoms with van der Waals surface area (Å²) >= 11 is 0. The molecule has 4 N–H and O–H groups in total. The third-order valence-electron chi connectivity index (χ3n) is 13.0. The zero-order chi connectivity index (χ0) is 35.9. The maximum absolute atomic E-state index is 14.1. The van der Waals surface area contributed by atoms with Gasteiger partial charge in [-0.1, -0.05) is 39.2 Å². The number of aliphatic hydroxyl groups excluding tert-OH is 2. The predicted octanol–water partition coefficient (Wildman–Crippen LogP) is 3.43. The summed E-state index contributed by atoms with van der Waals surface area (Å²) in [6.07, 6.45) is 11.7. The van der Waals surface area contributed by atoms with Gasteiger partial charge in [0.2, 0.25) is 11.8 Å². The van der Waals surface area contributed by atoms with E-state index in [2.05, 4.69) is 48.5 Å². The highest BCUT2D eigenvalue weighted by Crippen LogP contribution is 2.45. The number of rotatable bonds is 13. The first-order valence-electron chi connectivity index (χ1n) is 19.4. The van der Waals surface area contributed by atoms with Crippen molar-refractivity contribution in [2.75, 3.05) is 40.9 Å². The number of nitrogens with zero attached hydrogens (tertiary/aromatic N) is 3. The fraction of sp³-hybridized carbons (Fsp3) is 0.821. The van der Waals surface area contributed by atoms with E-state index in [-0.39, 0.29) is 48.3 Å². The third-order valence-corrected chi connectivity index (χ3v) is 13.0. The van der Waals surface area contributed by atoms with Crippen molar-refractivity contribution in [1.82, 2.24) is 25.6 Å². The smallest absolute Gasteiger partial charge is 0.240 e. The van der Waals surface area contributed by atoms with Gasteiger partial charge in [-0.3, -0.25) is 19.4 Å². The Hall–Kier alpha value is -2.15.